The third-order valence-electron chi connectivity index (χ3n) is 5.75. The van der Waals surface area contributed by atoms with Crippen LogP contribution in [0.2, 0.25) is 5.02 Å². The Morgan fingerprint density at radius 2 is 2.00 bits per heavy atom. The van der Waals surface area contributed by atoms with Gasteiger partial charge in [0.15, 0.2) is 5.82 Å². The highest BCUT2D eigenvalue weighted by molar-refractivity contribution is 6.33. The number of methoxy groups -OCH3 is 1. The minimum atomic E-state index is -0.831. The van der Waals surface area contributed by atoms with Crippen LogP contribution in [0.1, 0.15) is 30.8 Å². The molecule has 4 aromatic rings. The maximum absolute atomic E-state index is 15.4. The molecule has 1 N–H and O–H groups in total. The standard InChI is InChI=1S/C24H23ClFN5O4/c1-6-29-19(11-32)28-31(24(29)34)18-8-14-15(7-17(18)26)23(33)30(10-16(14)12(2)3)21-13(4)9-27-22(35-5)20(21)25/h7-10,32H,2,6,11H2,1,3-5H3. The molecular formula is C24H23ClFN5O4. The average molecular weight is 500 g/mol. The first-order valence-corrected chi connectivity index (χ1v) is 11.1. The number of rotatable bonds is 6. The second-order valence-electron chi connectivity index (χ2n) is 7.97. The number of aliphatic hydroxyl groups is 1. The van der Waals surface area contributed by atoms with Gasteiger partial charge in [0.2, 0.25) is 5.88 Å². The lowest BCUT2D eigenvalue weighted by Gasteiger charge is -2.17. The molecule has 3 aromatic heterocycles. The predicted octanol–water partition coefficient (Wildman–Crippen LogP) is 3.39. The van der Waals surface area contributed by atoms with E-state index >= 15 is 4.39 Å². The van der Waals surface area contributed by atoms with Gasteiger partial charge < -0.3 is 9.84 Å². The van der Waals surface area contributed by atoms with Crippen LogP contribution >= 0.6 is 11.6 Å². The summed E-state index contributed by atoms with van der Waals surface area (Å²) in [6.45, 7) is 8.97. The second kappa shape index (κ2) is 9.12. The van der Waals surface area contributed by atoms with Crippen molar-refractivity contribution in [3.63, 3.8) is 0 Å². The molecule has 4 rings (SSSR count). The van der Waals surface area contributed by atoms with Crippen LogP contribution in [0.5, 0.6) is 5.88 Å². The zero-order chi connectivity index (χ0) is 25.6. The third-order valence-corrected chi connectivity index (χ3v) is 6.09. The number of aryl methyl sites for hydroxylation is 1. The van der Waals surface area contributed by atoms with Gasteiger partial charge in [-0.1, -0.05) is 18.2 Å². The smallest absolute Gasteiger partial charge is 0.350 e. The maximum Gasteiger partial charge on any atom is 0.350 e. The van der Waals surface area contributed by atoms with Crippen molar-refractivity contribution < 1.29 is 14.2 Å². The van der Waals surface area contributed by atoms with E-state index in [0.29, 0.717) is 27.8 Å². The summed E-state index contributed by atoms with van der Waals surface area (Å²) in [5.74, 6) is -0.588. The van der Waals surface area contributed by atoms with E-state index in [1.807, 2.05) is 0 Å². The highest BCUT2D eigenvalue weighted by Gasteiger charge is 2.22. The van der Waals surface area contributed by atoms with Gasteiger partial charge in [-0.25, -0.2) is 14.2 Å². The summed E-state index contributed by atoms with van der Waals surface area (Å²) in [5, 5.41) is 14.2. The lowest BCUT2D eigenvalue weighted by atomic mass is 10.0. The summed E-state index contributed by atoms with van der Waals surface area (Å²) >= 11 is 6.49. The Kier molecular flexibility index (Phi) is 6.35. The molecule has 182 valence electrons. The van der Waals surface area contributed by atoms with E-state index in [9.17, 15) is 14.7 Å². The lowest BCUT2D eigenvalue weighted by molar-refractivity contribution is 0.264. The minimum Gasteiger partial charge on any atom is -0.480 e. The maximum atomic E-state index is 15.4. The van der Waals surface area contributed by atoms with E-state index in [2.05, 4.69) is 16.7 Å². The summed E-state index contributed by atoms with van der Waals surface area (Å²) < 4.78 is 24.0. The Hall–Kier alpha value is -3.76. The topological polar surface area (TPSA) is 104 Å². The fourth-order valence-electron chi connectivity index (χ4n) is 4.03. The molecule has 0 aliphatic rings. The van der Waals surface area contributed by atoms with Crippen molar-refractivity contribution in [3.05, 3.63) is 79.7 Å². The van der Waals surface area contributed by atoms with Gasteiger partial charge in [0.25, 0.3) is 5.56 Å². The molecule has 0 aliphatic heterocycles. The summed E-state index contributed by atoms with van der Waals surface area (Å²) in [5.41, 5.74) is 0.806. The number of fused-ring (bicyclic) bond motifs is 1. The van der Waals surface area contributed by atoms with Crippen LogP contribution in [0.3, 0.4) is 0 Å². The van der Waals surface area contributed by atoms with Crippen molar-refractivity contribution in [1.29, 1.82) is 0 Å². The summed E-state index contributed by atoms with van der Waals surface area (Å²) in [4.78, 5) is 30.5. The molecule has 0 saturated heterocycles. The second-order valence-corrected chi connectivity index (χ2v) is 8.35. The van der Waals surface area contributed by atoms with Crippen molar-refractivity contribution in [3.8, 4) is 17.3 Å². The predicted molar refractivity (Wildman–Crippen MR) is 131 cm³/mol. The van der Waals surface area contributed by atoms with Crippen molar-refractivity contribution in [1.82, 2.24) is 23.9 Å². The molecule has 0 fully saturated rings. The molecule has 0 bridgehead atoms. The van der Waals surface area contributed by atoms with E-state index in [1.165, 1.54) is 28.5 Å². The highest BCUT2D eigenvalue weighted by Crippen LogP contribution is 2.33. The Morgan fingerprint density at radius 1 is 1.29 bits per heavy atom. The van der Waals surface area contributed by atoms with Crippen LogP contribution in [0.15, 0.2) is 40.7 Å². The largest absolute Gasteiger partial charge is 0.480 e. The number of ether oxygens (including phenoxy) is 1. The zero-order valence-corrected chi connectivity index (χ0v) is 20.4. The Morgan fingerprint density at radius 3 is 2.57 bits per heavy atom. The minimum absolute atomic E-state index is 0.0587. The van der Waals surface area contributed by atoms with Crippen LogP contribution in [-0.2, 0) is 13.2 Å². The van der Waals surface area contributed by atoms with E-state index in [0.717, 1.165) is 10.7 Å². The van der Waals surface area contributed by atoms with Gasteiger partial charge >= 0.3 is 5.69 Å². The molecule has 11 heteroatoms. The zero-order valence-electron chi connectivity index (χ0n) is 19.6. The van der Waals surface area contributed by atoms with Crippen molar-refractivity contribution in [2.75, 3.05) is 7.11 Å². The molecule has 0 saturated carbocycles. The number of allylic oxidation sites excluding steroid dienone is 1. The molecular weight excluding hydrogens is 477 g/mol. The number of aromatic nitrogens is 5. The molecule has 0 spiro atoms. The summed E-state index contributed by atoms with van der Waals surface area (Å²) in [6.07, 6.45) is 3.09. The third kappa shape index (κ3) is 3.84. The molecule has 9 nitrogen and oxygen atoms in total. The molecule has 0 aliphatic carbocycles. The Labute approximate surface area is 204 Å². The first-order chi connectivity index (χ1) is 16.6. The molecule has 0 unspecified atom stereocenters. The van der Waals surface area contributed by atoms with Gasteiger partial charge in [-0.2, -0.15) is 4.68 Å². The van der Waals surface area contributed by atoms with E-state index in [4.69, 9.17) is 16.3 Å². The number of nitrogens with zero attached hydrogens (tertiary/aromatic N) is 5. The van der Waals surface area contributed by atoms with Crippen LogP contribution in [0.25, 0.3) is 27.7 Å². The number of aliphatic hydroxyl groups excluding tert-OH is 1. The first-order valence-electron chi connectivity index (χ1n) is 10.7. The normalized spacial score (nSPS) is 11.3. The SMILES string of the molecule is C=C(C)c1cn(-c2c(C)cnc(OC)c2Cl)c(=O)c2cc(F)c(-n3nc(CO)n(CC)c3=O)cc12. The molecule has 35 heavy (non-hydrogen) atoms. The number of hydrogen-bond donors (Lipinski definition) is 1. The average Bonchev–Trinajstić information content (AvgIpc) is 3.15. The van der Waals surface area contributed by atoms with E-state index in [1.54, 1.807) is 27.0 Å². The Balaban J connectivity index is 2.09. The molecule has 0 atom stereocenters. The van der Waals surface area contributed by atoms with Gasteiger partial charge in [0, 0.05) is 24.5 Å². The van der Waals surface area contributed by atoms with Crippen molar-refractivity contribution in [2.45, 2.75) is 33.9 Å². The van der Waals surface area contributed by atoms with Gasteiger partial charge in [-0.05, 0) is 49.4 Å². The number of pyridine rings is 2. The fourth-order valence-corrected chi connectivity index (χ4v) is 4.40. The van der Waals surface area contributed by atoms with Gasteiger partial charge in [-0.15, -0.1) is 5.10 Å². The Bertz CT molecular complexity index is 1620. The van der Waals surface area contributed by atoms with Crippen molar-refractivity contribution >= 4 is 27.9 Å². The van der Waals surface area contributed by atoms with E-state index in [-0.39, 0.29) is 34.3 Å². The van der Waals surface area contributed by atoms with Gasteiger partial charge in [0.05, 0.1) is 18.2 Å². The van der Waals surface area contributed by atoms with Gasteiger partial charge in [0.1, 0.15) is 23.1 Å². The van der Waals surface area contributed by atoms with Gasteiger partial charge in [-0.3, -0.25) is 13.9 Å². The fraction of sp³-hybridized carbons (Fsp3) is 0.250. The highest BCUT2D eigenvalue weighted by atomic mass is 35.5. The van der Waals surface area contributed by atoms with E-state index < -0.39 is 23.7 Å². The monoisotopic (exact) mass is 499 g/mol. The number of halogens is 2. The van der Waals surface area contributed by atoms with Crippen LogP contribution in [-0.4, -0.2) is 36.1 Å². The number of hydrogen-bond acceptors (Lipinski definition) is 6. The lowest BCUT2D eigenvalue weighted by Crippen LogP contribution is -2.25. The molecule has 0 amide bonds. The molecule has 3 heterocycles. The van der Waals surface area contributed by atoms with Crippen molar-refractivity contribution in [2.24, 2.45) is 0 Å². The first kappa shape index (κ1) is 24.4. The van der Waals surface area contributed by atoms with Crippen LogP contribution < -0.4 is 16.0 Å². The number of benzene rings is 1. The summed E-state index contributed by atoms with van der Waals surface area (Å²) in [6, 6.07) is 2.45. The van der Waals surface area contributed by atoms with Crippen LogP contribution in [0, 0.1) is 12.7 Å². The quantitative estimate of drug-likeness (QED) is 0.436. The summed E-state index contributed by atoms with van der Waals surface area (Å²) in [7, 11) is 1.41. The molecule has 1 aromatic carbocycles. The molecule has 0 radical (unpaired) electrons. The van der Waals surface area contributed by atoms with Crippen LogP contribution in [0.4, 0.5) is 4.39 Å².